The van der Waals surface area contributed by atoms with Crippen molar-refractivity contribution in [3.63, 3.8) is 0 Å². The van der Waals surface area contributed by atoms with E-state index in [1.54, 1.807) is 18.0 Å². The van der Waals surface area contributed by atoms with E-state index in [1.807, 2.05) is 30.3 Å². The van der Waals surface area contributed by atoms with Crippen LogP contribution in [0.25, 0.3) is 0 Å². The Labute approximate surface area is 103 Å². The van der Waals surface area contributed by atoms with Gasteiger partial charge in [-0.15, -0.1) is 11.8 Å². The SMILES string of the molecule is FC(F)Cn1cnc(SCc2ccccc2)c1. The smallest absolute Gasteiger partial charge is 0.256 e. The third kappa shape index (κ3) is 3.85. The molecule has 0 saturated heterocycles. The summed E-state index contributed by atoms with van der Waals surface area (Å²) in [6.07, 6.45) is 0.760. The Morgan fingerprint density at radius 1 is 1.24 bits per heavy atom. The molecule has 0 fully saturated rings. The van der Waals surface area contributed by atoms with Gasteiger partial charge in [-0.05, 0) is 5.56 Å². The van der Waals surface area contributed by atoms with E-state index in [1.165, 1.54) is 16.5 Å². The van der Waals surface area contributed by atoms with Gasteiger partial charge in [0.05, 0.1) is 12.9 Å². The van der Waals surface area contributed by atoms with Gasteiger partial charge in [0.25, 0.3) is 6.43 Å². The van der Waals surface area contributed by atoms with E-state index in [-0.39, 0.29) is 6.54 Å². The van der Waals surface area contributed by atoms with Crippen LogP contribution in [0, 0.1) is 0 Å². The summed E-state index contributed by atoms with van der Waals surface area (Å²) in [5, 5.41) is 0.773. The quantitative estimate of drug-likeness (QED) is 0.761. The van der Waals surface area contributed by atoms with Crippen LogP contribution in [0.1, 0.15) is 5.56 Å². The molecule has 0 saturated carbocycles. The highest BCUT2D eigenvalue weighted by molar-refractivity contribution is 7.98. The van der Waals surface area contributed by atoms with Gasteiger partial charge in [-0.25, -0.2) is 13.8 Å². The monoisotopic (exact) mass is 254 g/mol. The van der Waals surface area contributed by atoms with E-state index in [4.69, 9.17) is 0 Å². The Kier molecular flexibility index (Phi) is 4.14. The second-order valence-corrected chi connectivity index (χ2v) is 4.57. The predicted octanol–water partition coefficient (Wildman–Crippen LogP) is 3.44. The summed E-state index contributed by atoms with van der Waals surface area (Å²) in [4.78, 5) is 4.08. The summed E-state index contributed by atoms with van der Waals surface area (Å²) in [6.45, 7) is -0.293. The van der Waals surface area contributed by atoms with Crippen molar-refractivity contribution in [2.24, 2.45) is 0 Å². The lowest BCUT2D eigenvalue weighted by Gasteiger charge is -1.99. The number of halogens is 2. The van der Waals surface area contributed by atoms with Crippen LogP contribution in [-0.4, -0.2) is 16.0 Å². The van der Waals surface area contributed by atoms with Gasteiger partial charge in [0, 0.05) is 11.9 Å². The third-order valence-corrected chi connectivity index (χ3v) is 3.17. The Morgan fingerprint density at radius 3 is 2.71 bits per heavy atom. The lowest BCUT2D eigenvalue weighted by Crippen LogP contribution is -2.03. The summed E-state index contributed by atoms with van der Waals surface area (Å²) in [5.74, 6) is 0.798. The summed E-state index contributed by atoms with van der Waals surface area (Å²) in [6, 6.07) is 9.98. The second-order valence-electron chi connectivity index (χ2n) is 3.57. The van der Waals surface area contributed by atoms with E-state index >= 15 is 0 Å². The Bertz CT molecular complexity index is 457. The van der Waals surface area contributed by atoms with E-state index in [0.29, 0.717) is 0 Å². The zero-order chi connectivity index (χ0) is 12.1. The van der Waals surface area contributed by atoms with Crippen molar-refractivity contribution in [2.75, 3.05) is 0 Å². The van der Waals surface area contributed by atoms with Gasteiger partial charge in [0.2, 0.25) is 0 Å². The van der Waals surface area contributed by atoms with Crippen molar-refractivity contribution in [1.82, 2.24) is 9.55 Å². The highest BCUT2D eigenvalue weighted by Gasteiger charge is 2.05. The van der Waals surface area contributed by atoms with E-state index in [0.717, 1.165) is 10.8 Å². The molecule has 2 rings (SSSR count). The molecular formula is C12H12F2N2S. The van der Waals surface area contributed by atoms with Crippen molar-refractivity contribution in [3.05, 3.63) is 48.4 Å². The highest BCUT2D eigenvalue weighted by Crippen LogP contribution is 2.20. The number of aromatic nitrogens is 2. The maximum Gasteiger partial charge on any atom is 0.256 e. The molecule has 0 spiro atoms. The van der Waals surface area contributed by atoms with Gasteiger partial charge < -0.3 is 4.57 Å². The molecule has 5 heteroatoms. The third-order valence-electron chi connectivity index (χ3n) is 2.19. The van der Waals surface area contributed by atoms with Crippen LogP contribution in [0.5, 0.6) is 0 Å². The minimum atomic E-state index is -2.34. The van der Waals surface area contributed by atoms with Gasteiger partial charge in [-0.3, -0.25) is 0 Å². The number of hydrogen-bond acceptors (Lipinski definition) is 2. The van der Waals surface area contributed by atoms with Gasteiger partial charge in [0.1, 0.15) is 5.03 Å². The molecule has 0 aliphatic heterocycles. The average Bonchev–Trinajstić information content (AvgIpc) is 2.75. The van der Waals surface area contributed by atoms with Crippen LogP contribution < -0.4 is 0 Å². The van der Waals surface area contributed by atoms with Crippen LogP contribution >= 0.6 is 11.8 Å². The molecule has 0 radical (unpaired) electrons. The van der Waals surface area contributed by atoms with Crippen LogP contribution in [0.15, 0.2) is 47.9 Å². The van der Waals surface area contributed by atoms with Gasteiger partial charge >= 0.3 is 0 Å². The van der Waals surface area contributed by atoms with Crippen LogP contribution in [0.2, 0.25) is 0 Å². The van der Waals surface area contributed by atoms with E-state index in [9.17, 15) is 8.78 Å². The summed E-state index contributed by atoms with van der Waals surface area (Å²) < 4.78 is 25.7. The minimum Gasteiger partial charge on any atom is -0.331 e. The average molecular weight is 254 g/mol. The zero-order valence-corrected chi connectivity index (χ0v) is 9.91. The Morgan fingerprint density at radius 2 is 2.00 bits per heavy atom. The number of hydrogen-bond donors (Lipinski definition) is 0. The normalized spacial score (nSPS) is 11.0. The first-order valence-corrected chi connectivity index (χ1v) is 6.19. The lowest BCUT2D eigenvalue weighted by molar-refractivity contribution is 0.126. The first-order chi connectivity index (χ1) is 8.24. The van der Waals surface area contributed by atoms with Crippen molar-refractivity contribution in [1.29, 1.82) is 0 Å². The van der Waals surface area contributed by atoms with Gasteiger partial charge in [-0.1, -0.05) is 30.3 Å². The Balaban J connectivity index is 1.89. The number of nitrogens with zero attached hydrogens (tertiary/aromatic N) is 2. The molecule has 90 valence electrons. The molecule has 2 aromatic rings. The minimum absolute atomic E-state index is 0.293. The number of alkyl halides is 2. The molecule has 1 aromatic carbocycles. The fourth-order valence-electron chi connectivity index (χ4n) is 1.40. The van der Waals surface area contributed by atoms with Crippen LogP contribution in [0.3, 0.4) is 0 Å². The topological polar surface area (TPSA) is 17.8 Å². The zero-order valence-electron chi connectivity index (χ0n) is 9.09. The maximum atomic E-state index is 12.1. The van der Waals surface area contributed by atoms with Gasteiger partial charge in [-0.2, -0.15) is 0 Å². The molecule has 2 nitrogen and oxygen atoms in total. The number of rotatable bonds is 5. The first-order valence-electron chi connectivity index (χ1n) is 5.20. The van der Waals surface area contributed by atoms with Crippen LogP contribution in [-0.2, 0) is 12.3 Å². The Hall–Kier alpha value is -1.36. The van der Waals surface area contributed by atoms with Crippen LogP contribution in [0.4, 0.5) is 8.78 Å². The number of imidazole rings is 1. The molecular weight excluding hydrogens is 242 g/mol. The summed E-state index contributed by atoms with van der Waals surface area (Å²) in [5.41, 5.74) is 1.20. The number of thioether (sulfide) groups is 1. The van der Waals surface area contributed by atoms with Gasteiger partial charge in [0.15, 0.2) is 0 Å². The first kappa shape index (κ1) is 12.1. The van der Waals surface area contributed by atoms with Crippen molar-refractivity contribution in [2.45, 2.75) is 23.7 Å². The number of benzene rings is 1. The van der Waals surface area contributed by atoms with E-state index in [2.05, 4.69) is 4.98 Å². The summed E-state index contributed by atoms with van der Waals surface area (Å²) in [7, 11) is 0. The van der Waals surface area contributed by atoms with E-state index < -0.39 is 6.43 Å². The molecule has 0 atom stereocenters. The lowest BCUT2D eigenvalue weighted by atomic mass is 10.2. The van der Waals surface area contributed by atoms with Crippen molar-refractivity contribution in [3.8, 4) is 0 Å². The molecule has 0 bridgehead atoms. The fraction of sp³-hybridized carbons (Fsp3) is 0.250. The van der Waals surface area contributed by atoms with Crippen molar-refractivity contribution >= 4 is 11.8 Å². The molecule has 0 unspecified atom stereocenters. The molecule has 0 amide bonds. The fourth-order valence-corrected chi connectivity index (χ4v) is 2.24. The predicted molar refractivity (Wildman–Crippen MR) is 64.2 cm³/mol. The highest BCUT2D eigenvalue weighted by atomic mass is 32.2. The largest absolute Gasteiger partial charge is 0.331 e. The second kappa shape index (κ2) is 5.82. The standard InChI is InChI=1S/C12H12F2N2S/c13-11(14)6-16-7-12(15-9-16)17-8-10-4-2-1-3-5-10/h1-5,7,9,11H,6,8H2. The summed E-state index contributed by atoms with van der Waals surface area (Å²) >= 11 is 1.54. The molecule has 0 N–H and O–H groups in total. The molecule has 1 aromatic heterocycles. The maximum absolute atomic E-state index is 12.1. The van der Waals surface area contributed by atoms with Crippen molar-refractivity contribution < 1.29 is 8.78 Å². The molecule has 17 heavy (non-hydrogen) atoms. The molecule has 0 aliphatic rings. The molecule has 0 aliphatic carbocycles. The molecule has 1 heterocycles.